The van der Waals surface area contributed by atoms with E-state index < -0.39 is 5.97 Å². The van der Waals surface area contributed by atoms with Crippen LogP contribution in [-0.4, -0.2) is 12.1 Å². The third-order valence-corrected chi connectivity index (χ3v) is 2.88. The van der Waals surface area contributed by atoms with E-state index in [0.29, 0.717) is 15.6 Å². The SMILES string of the molecule is CCC(CC)OC(=O)c1ccc(Cl)cc1Cl. The van der Waals surface area contributed by atoms with Crippen LogP contribution in [0, 0.1) is 0 Å². The van der Waals surface area contributed by atoms with Gasteiger partial charge < -0.3 is 4.74 Å². The molecule has 0 N–H and O–H groups in total. The van der Waals surface area contributed by atoms with E-state index in [0.717, 1.165) is 12.8 Å². The number of benzene rings is 1. The van der Waals surface area contributed by atoms with Crippen molar-refractivity contribution in [1.82, 2.24) is 0 Å². The summed E-state index contributed by atoms with van der Waals surface area (Å²) in [6.45, 7) is 3.95. The molecule has 0 aliphatic rings. The number of halogens is 2. The molecular weight excluding hydrogens is 247 g/mol. The molecule has 0 heterocycles. The third-order valence-electron chi connectivity index (χ3n) is 2.34. The van der Waals surface area contributed by atoms with Crippen molar-refractivity contribution in [2.45, 2.75) is 32.8 Å². The fraction of sp³-hybridized carbons (Fsp3) is 0.417. The predicted molar refractivity (Wildman–Crippen MR) is 66.2 cm³/mol. The van der Waals surface area contributed by atoms with Gasteiger partial charge in [-0.15, -0.1) is 0 Å². The van der Waals surface area contributed by atoms with Crippen LogP contribution in [0.5, 0.6) is 0 Å². The van der Waals surface area contributed by atoms with Crippen LogP contribution in [0.4, 0.5) is 0 Å². The number of hydrogen-bond acceptors (Lipinski definition) is 2. The van der Waals surface area contributed by atoms with Gasteiger partial charge in [0.05, 0.1) is 10.6 Å². The van der Waals surface area contributed by atoms with Gasteiger partial charge in [-0.3, -0.25) is 0 Å². The maximum atomic E-state index is 11.8. The Morgan fingerprint density at radius 2 is 1.94 bits per heavy atom. The Hall–Kier alpha value is -0.730. The lowest BCUT2D eigenvalue weighted by molar-refractivity contribution is 0.0284. The van der Waals surface area contributed by atoms with Gasteiger partial charge in [-0.05, 0) is 31.0 Å². The Morgan fingerprint density at radius 3 is 2.44 bits per heavy atom. The second-order valence-electron chi connectivity index (χ2n) is 3.47. The van der Waals surface area contributed by atoms with Crippen molar-refractivity contribution in [1.29, 1.82) is 0 Å². The second kappa shape index (κ2) is 6.12. The molecule has 0 spiro atoms. The van der Waals surface area contributed by atoms with Crippen molar-refractivity contribution >= 4 is 29.2 Å². The Bertz CT molecular complexity index is 373. The van der Waals surface area contributed by atoms with E-state index in [2.05, 4.69) is 0 Å². The Balaban J connectivity index is 2.80. The van der Waals surface area contributed by atoms with E-state index in [9.17, 15) is 4.79 Å². The number of carbonyl (C=O) groups excluding carboxylic acids is 1. The predicted octanol–water partition coefficient (Wildman–Crippen LogP) is 4.34. The average molecular weight is 261 g/mol. The first-order chi connectivity index (χ1) is 7.58. The lowest BCUT2D eigenvalue weighted by Gasteiger charge is -2.14. The van der Waals surface area contributed by atoms with Crippen LogP contribution in [0.1, 0.15) is 37.0 Å². The fourth-order valence-electron chi connectivity index (χ4n) is 1.33. The molecule has 4 heteroatoms. The quantitative estimate of drug-likeness (QED) is 0.753. The van der Waals surface area contributed by atoms with Crippen LogP contribution in [0.15, 0.2) is 18.2 Å². The summed E-state index contributed by atoms with van der Waals surface area (Å²) in [7, 11) is 0. The first-order valence-electron chi connectivity index (χ1n) is 5.24. The molecule has 1 rings (SSSR count). The normalized spacial score (nSPS) is 10.6. The Labute approximate surface area is 106 Å². The lowest BCUT2D eigenvalue weighted by Crippen LogP contribution is -2.16. The van der Waals surface area contributed by atoms with Crippen LogP contribution >= 0.6 is 23.2 Å². The molecule has 0 atom stereocenters. The van der Waals surface area contributed by atoms with Crippen molar-refractivity contribution < 1.29 is 9.53 Å². The highest BCUT2D eigenvalue weighted by molar-refractivity contribution is 6.36. The number of rotatable bonds is 4. The minimum absolute atomic E-state index is 0.0563. The van der Waals surface area contributed by atoms with E-state index in [1.807, 2.05) is 13.8 Å². The van der Waals surface area contributed by atoms with E-state index in [-0.39, 0.29) is 6.10 Å². The van der Waals surface area contributed by atoms with E-state index in [1.165, 1.54) is 6.07 Å². The van der Waals surface area contributed by atoms with E-state index in [1.54, 1.807) is 12.1 Å². The highest BCUT2D eigenvalue weighted by Crippen LogP contribution is 2.22. The molecule has 88 valence electrons. The summed E-state index contributed by atoms with van der Waals surface area (Å²) in [4.78, 5) is 11.8. The van der Waals surface area contributed by atoms with Gasteiger partial charge in [0, 0.05) is 5.02 Å². The smallest absolute Gasteiger partial charge is 0.339 e. The summed E-state index contributed by atoms with van der Waals surface area (Å²) >= 11 is 11.7. The van der Waals surface area contributed by atoms with Crippen LogP contribution < -0.4 is 0 Å². The Morgan fingerprint density at radius 1 is 1.31 bits per heavy atom. The largest absolute Gasteiger partial charge is 0.459 e. The summed E-state index contributed by atoms with van der Waals surface area (Å²) in [6, 6.07) is 4.74. The number of esters is 1. The molecule has 0 aromatic heterocycles. The summed E-state index contributed by atoms with van der Waals surface area (Å²) in [5.74, 6) is -0.393. The van der Waals surface area contributed by atoms with E-state index >= 15 is 0 Å². The molecule has 1 aromatic carbocycles. The van der Waals surface area contributed by atoms with Gasteiger partial charge in [0.2, 0.25) is 0 Å². The molecule has 1 aromatic rings. The zero-order valence-electron chi connectivity index (χ0n) is 9.30. The molecule has 0 radical (unpaired) electrons. The maximum Gasteiger partial charge on any atom is 0.339 e. The molecule has 0 saturated heterocycles. The maximum absolute atomic E-state index is 11.8. The zero-order valence-corrected chi connectivity index (χ0v) is 10.8. The molecular formula is C12H14Cl2O2. The fourth-order valence-corrected chi connectivity index (χ4v) is 1.81. The molecule has 2 nitrogen and oxygen atoms in total. The van der Waals surface area contributed by atoms with E-state index in [4.69, 9.17) is 27.9 Å². The van der Waals surface area contributed by atoms with Crippen molar-refractivity contribution in [3.05, 3.63) is 33.8 Å². The molecule has 0 unspecified atom stereocenters. The first kappa shape index (κ1) is 13.3. The van der Waals surface area contributed by atoms with Crippen molar-refractivity contribution in [2.75, 3.05) is 0 Å². The van der Waals surface area contributed by atoms with Crippen molar-refractivity contribution in [3.8, 4) is 0 Å². The van der Waals surface area contributed by atoms with Crippen LogP contribution in [0.25, 0.3) is 0 Å². The minimum Gasteiger partial charge on any atom is -0.459 e. The van der Waals surface area contributed by atoms with Gasteiger partial charge in [0.1, 0.15) is 6.10 Å². The lowest BCUT2D eigenvalue weighted by atomic mass is 10.2. The summed E-state index contributed by atoms with van der Waals surface area (Å²) in [5, 5.41) is 0.826. The molecule has 0 amide bonds. The number of hydrogen-bond donors (Lipinski definition) is 0. The van der Waals surface area contributed by atoms with Gasteiger partial charge >= 0.3 is 5.97 Å². The highest BCUT2D eigenvalue weighted by atomic mass is 35.5. The first-order valence-corrected chi connectivity index (χ1v) is 6.00. The molecule has 16 heavy (non-hydrogen) atoms. The summed E-state index contributed by atoms with van der Waals surface area (Å²) in [5.41, 5.74) is 0.359. The summed E-state index contributed by atoms with van der Waals surface area (Å²) < 4.78 is 5.29. The topological polar surface area (TPSA) is 26.3 Å². The third kappa shape index (κ3) is 3.39. The molecule has 0 bridgehead atoms. The van der Waals surface area contributed by atoms with Gasteiger partial charge in [-0.2, -0.15) is 0 Å². The van der Waals surface area contributed by atoms with Crippen LogP contribution in [0.3, 0.4) is 0 Å². The monoisotopic (exact) mass is 260 g/mol. The van der Waals surface area contributed by atoms with Crippen molar-refractivity contribution in [2.24, 2.45) is 0 Å². The number of carbonyl (C=O) groups is 1. The summed E-state index contributed by atoms with van der Waals surface area (Å²) in [6.07, 6.45) is 1.54. The minimum atomic E-state index is -0.393. The van der Waals surface area contributed by atoms with Gasteiger partial charge in [-0.1, -0.05) is 37.0 Å². The average Bonchev–Trinajstić information content (AvgIpc) is 2.25. The zero-order chi connectivity index (χ0) is 12.1. The standard InChI is InChI=1S/C12H14Cl2O2/c1-3-9(4-2)16-12(15)10-6-5-8(13)7-11(10)14/h5-7,9H,3-4H2,1-2H3. The van der Waals surface area contributed by atoms with Crippen molar-refractivity contribution in [3.63, 3.8) is 0 Å². The molecule has 0 saturated carbocycles. The second-order valence-corrected chi connectivity index (χ2v) is 4.31. The van der Waals surface area contributed by atoms with Gasteiger partial charge in [0.15, 0.2) is 0 Å². The molecule has 0 aliphatic heterocycles. The Kier molecular flexibility index (Phi) is 5.10. The molecule has 0 fully saturated rings. The van der Waals surface area contributed by atoms with Crippen LogP contribution in [-0.2, 0) is 4.74 Å². The highest BCUT2D eigenvalue weighted by Gasteiger charge is 2.15. The van der Waals surface area contributed by atoms with Gasteiger partial charge in [-0.25, -0.2) is 4.79 Å². The van der Waals surface area contributed by atoms with Crippen LogP contribution in [0.2, 0.25) is 10.0 Å². The van der Waals surface area contributed by atoms with Gasteiger partial charge in [0.25, 0.3) is 0 Å². The number of ether oxygens (including phenoxy) is 1. The molecule has 0 aliphatic carbocycles.